The molecule has 5 nitrogen and oxygen atoms in total. The number of aromatic nitrogens is 2. The van der Waals surface area contributed by atoms with Gasteiger partial charge in [-0.05, 0) is 56.8 Å². The van der Waals surface area contributed by atoms with Crippen molar-refractivity contribution in [3.63, 3.8) is 0 Å². The first-order chi connectivity index (χ1) is 13.1. The summed E-state index contributed by atoms with van der Waals surface area (Å²) in [6.45, 7) is 1.17. The predicted octanol–water partition coefficient (Wildman–Crippen LogP) is 3.84. The third-order valence-corrected chi connectivity index (χ3v) is 5.50. The zero-order chi connectivity index (χ0) is 18.8. The molecule has 1 unspecified atom stereocenters. The first kappa shape index (κ1) is 21.0. The average molecular weight is 414 g/mol. The van der Waals surface area contributed by atoms with Gasteiger partial charge in [0.15, 0.2) is 0 Å². The van der Waals surface area contributed by atoms with Crippen molar-refractivity contribution in [1.29, 1.82) is 0 Å². The van der Waals surface area contributed by atoms with Crippen LogP contribution in [0, 0.1) is 17.6 Å². The summed E-state index contributed by atoms with van der Waals surface area (Å²) in [5.41, 5.74) is 1.03. The lowest BCUT2D eigenvalue weighted by molar-refractivity contribution is -0.131. The summed E-state index contributed by atoms with van der Waals surface area (Å²) in [5, 5.41) is 7.68. The molecule has 3 fully saturated rings. The van der Waals surface area contributed by atoms with E-state index in [-0.39, 0.29) is 30.7 Å². The standard InChI is InChI=1S/C20H25F2N3O2.ClH/c1-23-10-16-9-20(26-12-14-8-15(21)4-7-18(14)22)25(24-16)11-19-13-2-5-17(27-19)6-3-13;/h4,7-9,13,17,19,23H,2-3,5-6,10-12H2,1H3;1H. The topological polar surface area (TPSA) is 48.3 Å². The van der Waals surface area contributed by atoms with Crippen LogP contribution in [0.1, 0.15) is 36.9 Å². The molecular formula is C20H26ClF2N3O2. The van der Waals surface area contributed by atoms with Crippen LogP contribution in [0.4, 0.5) is 8.78 Å². The maximum atomic E-state index is 13.9. The summed E-state index contributed by atoms with van der Waals surface area (Å²) in [5.74, 6) is 0.145. The monoisotopic (exact) mass is 413 g/mol. The summed E-state index contributed by atoms with van der Waals surface area (Å²) < 4.78 is 41.1. The fourth-order valence-electron chi connectivity index (χ4n) is 4.09. The maximum Gasteiger partial charge on any atom is 0.212 e. The van der Waals surface area contributed by atoms with E-state index >= 15 is 0 Å². The second-order valence-electron chi connectivity index (χ2n) is 7.42. The van der Waals surface area contributed by atoms with E-state index in [9.17, 15) is 8.78 Å². The van der Waals surface area contributed by atoms with Crippen molar-refractivity contribution in [1.82, 2.24) is 15.1 Å². The third-order valence-electron chi connectivity index (χ3n) is 5.50. The number of hydrogen-bond donors (Lipinski definition) is 1. The van der Waals surface area contributed by atoms with Gasteiger partial charge < -0.3 is 14.8 Å². The van der Waals surface area contributed by atoms with Crippen LogP contribution in [-0.2, 0) is 24.4 Å². The lowest BCUT2D eigenvalue weighted by Gasteiger charge is -2.42. The number of halogens is 3. The molecule has 1 atom stereocenters. The van der Waals surface area contributed by atoms with E-state index in [0.29, 0.717) is 31.0 Å². The molecule has 2 saturated heterocycles. The van der Waals surface area contributed by atoms with Crippen LogP contribution < -0.4 is 10.1 Å². The van der Waals surface area contributed by atoms with Crippen molar-refractivity contribution in [2.45, 2.75) is 57.6 Å². The molecule has 2 bridgehead atoms. The Bertz CT molecular complexity index is 794. The van der Waals surface area contributed by atoms with E-state index < -0.39 is 11.6 Å². The summed E-state index contributed by atoms with van der Waals surface area (Å²) >= 11 is 0. The highest BCUT2D eigenvalue weighted by atomic mass is 35.5. The molecular weight excluding hydrogens is 388 g/mol. The number of ether oxygens (including phenoxy) is 2. The fraction of sp³-hybridized carbons (Fsp3) is 0.550. The Balaban J connectivity index is 0.00000225. The second kappa shape index (κ2) is 9.20. The molecule has 1 aromatic carbocycles. The van der Waals surface area contributed by atoms with E-state index in [0.717, 1.165) is 36.7 Å². The van der Waals surface area contributed by atoms with Gasteiger partial charge in [0.1, 0.15) is 18.2 Å². The Morgan fingerprint density at radius 1 is 1.21 bits per heavy atom. The summed E-state index contributed by atoms with van der Waals surface area (Å²) in [6, 6.07) is 5.22. The Kier molecular flexibility index (Phi) is 6.91. The second-order valence-corrected chi connectivity index (χ2v) is 7.42. The fourth-order valence-corrected chi connectivity index (χ4v) is 4.09. The van der Waals surface area contributed by atoms with E-state index in [1.54, 1.807) is 4.68 Å². The Morgan fingerprint density at radius 2 is 2.00 bits per heavy atom. The van der Waals surface area contributed by atoms with Gasteiger partial charge in [0.25, 0.3) is 0 Å². The van der Waals surface area contributed by atoms with Gasteiger partial charge in [0.2, 0.25) is 5.88 Å². The van der Waals surface area contributed by atoms with Crippen molar-refractivity contribution < 1.29 is 18.3 Å². The Morgan fingerprint density at radius 3 is 2.68 bits per heavy atom. The van der Waals surface area contributed by atoms with Gasteiger partial charge in [0.05, 0.1) is 24.4 Å². The molecule has 2 aromatic rings. The molecule has 3 heterocycles. The largest absolute Gasteiger partial charge is 0.473 e. The number of nitrogens with zero attached hydrogens (tertiary/aromatic N) is 2. The first-order valence-corrected chi connectivity index (χ1v) is 9.56. The molecule has 3 aliphatic rings. The highest BCUT2D eigenvalue weighted by Crippen LogP contribution is 2.38. The van der Waals surface area contributed by atoms with Crippen LogP contribution in [0.2, 0.25) is 0 Å². The van der Waals surface area contributed by atoms with E-state index in [4.69, 9.17) is 9.47 Å². The normalized spacial score (nSPS) is 23.5. The maximum absolute atomic E-state index is 13.9. The van der Waals surface area contributed by atoms with Crippen molar-refractivity contribution in [3.05, 3.63) is 47.2 Å². The van der Waals surface area contributed by atoms with Crippen LogP contribution in [0.3, 0.4) is 0 Å². The number of nitrogens with one attached hydrogen (secondary N) is 1. The molecule has 5 rings (SSSR count). The number of hydrogen-bond acceptors (Lipinski definition) is 4. The summed E-state index contributed by atoms with van der Waals surface area (Å²) in [4.78, 5) is 0. The van der Waals surface area contributed by atoms with Gasteiger partial charge in [-0.2, -0.15) is 5.10 Å². The SMILES string of the molecule is CNCc1cc(OCc2cc(F)ccc2F)n(CC2OC3CCC2CC3)n1.Cl. The lowest BCUT2D eigenvalue weighted by atomic mass is 9.80. The van der Waals surface area contributed by atoms with Crippen LogP contribution in [0.15, 0.2) is 24.3 Å². The van der Waals surface area contributed by atoms with Crippen molar-refractivity contribution in [3.8, 4) is 5.88 Å². The number of fused-ring (bicyclic) bond motifs is 3. The minimum absolute atomic E-state index is 0. The molecule has 1 aromatic heterocycles. The zero-order valence-electron chi connectivity index (χ0n) is 15.9. The molecule has 8 heteroatoms. The van der Waals surface area contributed by atoms with Crippen molar-refractivity contribution in [2.24, 2.45) is 5.92 Å². The minimum atomic E-state index is -0.481. The van der Waals surface area contributed by atoms with Crippen molar-refractivity contribution >= 4 is 12.4 Å². The van der Waals surface area contributed by atoms with Gasteiger partial charge in [-0.1, -0.05) is 0 Å². The van der Waals surface area contributed by atoms with Gasteiger partial charge in [-0.3, -0.25) is 0 Å². The minimum Gasteiger partial charge on any atom is -0.473 e. The molecule has 1 aliphatic carbocycles. The molecule has 1 N–H and O–H groups in total. The van der Waals surface area contributed by atoms with Crippen LogP contribution in [0.5, 0.6) is 5.88 Å². The zero-order valence-corrected chi connectivity index (χ0v) is 16.7. The summed E-state index contributed by atoms with van der Waals surface area (Å²) in [7, 11) is 1.85. The van der Waals surface area contributed by atoms with Crippen LogP contribution in [-0.4, -0.2) is 29.0 Å². The van der Waals surface area contributed by atoms with Gasteiger partial charge >= 0.3 is 0 Å². The first-order valence-electron chi connectivity index (χ1n) is 9.56. The quantitative estimate of drug-likeness (QED) is 0.749. The molecule has 0 radical (unpaired) electrons. The van der Waals surface area contributed by atoms with Crippen LogP contribution >= 0.6 is 12.4 Å². The molecule has 2 aliphatic heterocycles. The van der Waals surface area contributed by atoms with Crippen molar-refractivity contribution in [2.75, 3.05) is 7.05 Å². The molecule has 28 heavy (non-hydrogen) atoms. The molecule has 0 amide bonds. The van der Waals surface area contributed by atoms with E-state index in [1.807, 2.05) is 13.1 Å². The predicted molar refractivity (Wildman–Crippen MR) is 104 cm³/mol. The van der Waals surface area contributed by atoms with E-state index in [2.05, 4.69) is 10.4 Å². The van der Waals surface area contributed by atoms with Crippen LogP contribution in [0.25, 0.3) is 0 Å². The molecule has 154 valence electrons. The highest BCUT2D eigenvalue weighted by Gasteiger charge is 2.37. The van der Waals surface area contributed by atoms with Gasteiger partial charge in [-0.15, -0.1) is 12.4 Å². The number of benzene rings is 1. The smallest absolute Gasteiger partial charge is 0.212 e. The summed E-state index contributed by atoms with van der Waals surface area (Å²) in [6.07, 6.45) is 5.18. The van der Waals surface area contributed by atoms with Gasteiger partial charge in [0, 0.05) is 18.2 Å². The van der Waals surface area contributed by atoms with Gasteiger partial charge in [-0.25, -0.2) is 13.5 Å². The average Bonchev–Trinajstić information content (AvgIpc) is 3.05. The lowest BCUT2D eigenvalue weighted by Crippen LogP contribution is -2.43. The van der Waals surface area contributed by atoms with E-state index in [1.165, 1.54) is 12.8 Å². The Hall–Kier alpha value is -1.70. The molecule has 1 saturated carbocycles. The number of rotatable bonds is 7. The highest BCUT2D eigenvalue weighted by molar-refractivity contribution is 5.85. The third kappa shape index (κ3) is 4.64. The molecule has 0 spiro atoms. The Labute approximate surface area is 169 Å².